The third-order valence-electron chi connectivity index (χ3n) is 3.50. The molecule has 0 aliphatic carbocycles. The van der Waals surface area contributed by atoms with Crippen LogP contribution in [0.2, 0.25) is 0 Å². The quantitative estimate of drug-likeness (QED) is 0.714. The average molecular weight is 351 g/mol. The van der Waals surface area contributed by atoms with Gasteiger partial charge in [-0.2, -0.15) is 5.10 Å². The number of H-pyrrole nitrogens is 1. The molecule has 1 heterocycles. The number of benzene rings is 2. The molecule has 2 aromatic carbocycles. The molecule has 0 radical (unpaired) electrons. The molecule has 0 aliphatic heterocycles. The summed E-state index contributed by atoms with van der Waals surface area (Å²) in [7, 11) is 0. The molecule has 0 saturated heterocycles. The summed E-state index contributed by atoms with van der Waals surface area (Å²) in [5.41, 5.74) is 2.97. The number of amides is 1. The van der Waals surface area contributed by atoms with E-state index in [2.05, 4.69) is 15.5 Å². The maximum atomic E-state index is 12.2. The Morgan fingerprint density at radius 1 is 1.00 bits per heavy atom. The zero-order chi connectivity index (χ0) is 17.5. The van der Waals surface area contributed by atoms with Crippen LogP contribution in [0.15, 0.2) is 71.5 Å². The zero-order valence-electron chi connectivity index (χ0n) is 13.4. The van der Waals surface area contributed by atoms with Crippen molar-refractivity contribution in [2.24, 2.45) is 0 Å². The largest absolute Gasteiger partial charge is 0.325 e. The van der Waals surface area contributed by atoms with E-state index in [-0.39, 0.29) is 11.5 Å². The highest BCUT2D eigenvalue weighted by Gasteiger charge is 2.09. The molecule has 0 saturated carbocycles. The number of nitrogens with one attached hydrogen (secondary N) is 2. The summed E-state index contributed by atoms with van der Waals surface area (Å²) in [6.07, 6.45) is 0. The van der Waals surface area contributed by atoms with Crippen LogP contribution < -0.4 is 10.9 Å². The maximum absolute atomic E-state index is 12.2. The summed E-state index contributed by atoms with van der Waals surface area (Å²) < 4.78 is 0. The number of thioether (sulfide) groups is 1. The van der Waals surface area contributed by atoms with Crippen molar-refractivity contribution >= 4 is 23.4 Å². The Balaban J connectivity index is 1.63. The number of anilines is 1. The van der Waals surface area contributed by atoms with Crippen LogP contribution >= 0.6 is 11.8 Å². The van der Waals surface area contributed by atoms with E-state index in [1.54, 1.807) is 17.8 Å². The molecule has 25 heavy (non-hydrogen) atoms. The molecule has 5 nitrogen and oxygen atoms in total. The lowest BCUT2D eigenvalue weighted by molar-refractivity contribution is -0.113. The van der Waals surface area contributed by atoms with Gasteiger partial charge in [-0.1, -0.05) is 48.5 Å². The number of carbonyl (C=O) groups is 1. The standard InChI is InChI=1S/C19H17N3O2S/c23-18-11-10-17(21-22-18)15-8-4-5-9-16(15)20-19(24)13-25-12-14-6-2-1-3-7-14/h1-11H,12-13H2,(H,20,24)(H,22,23). The highest BCUT2D eigenvalue weighted by Crippen LogP contribution is 2.25. The topological polar surface area (TPSA) is 74.8 Å². The SMILES string of the molecule is O=C(CSCc1ccccc1)Nc1ccccc1-c1ccc(=O)[nH]n1. The first-order chi connectivity index (χ1) is 12.2. The van der Waals surface area contributed by atoms with Crippen molar-refractivity contribution in [1.82, 2.24) is 10.2 Å². The van der Waals surface area contributed by atoms with E-state index in [0.717, 1.165) is 11.3 Å². The lowest BCUT2D eigenvalue weighted by Gasteiger charge is -2.10. The fourth-order valence-corrected chi connectivity index (χ4v) is 3.12. The van der Waals surface area contributed by atoms with Crippen LogP contribution in [0, 0.1) is 0 Å². The molecular formula is C19H17N3O2S. The van der Waals surface area contributed by atoms with Gasteiger partial charge in [0.05, 0.1) is 17.1 Å². The second-order valence-electron chi connectivity index (χ2n) is 5.38. The Hall–Kier alpha value is -2.86. The first-order valence-corrected chi connectivity index (χ1v) is 8.94. The van der Waals surface area contributed by atoms with Crippen LogP contribution in [0.5, 0.6) is 0 Å². The molecule has 0 spiro atoms. The summed E-state index contributed by atoms with van der Waals surface area (Å²) >= 11 is 1.56. The van der Waals surface area contributed by atoms with Gasteiger partial charge >= 0.3 is 0 Å². The van der Waals surface area contributed by atoms with Gasteiger partial charge in [0.15, 0.2) is 0 Å². The lowest BCUT2D eigenvalue weighted by atomic mass is 10.1. The van der Waals surface area contributed by atoms with Crippen molar-refractivity contribution in [2.45, 2.75) is 5.75 Å². The number of aromatic nitrogens is 2. The number of aromatic amines is 1. The first-order valence-electron chi connectivity index (χ1n) is 7.79. The van der Waals surface area contributed by atoms with E-state index in [1.807, 2.05) is 54.6 Å². The normalized spacial score (nSPS) is 10.4. The predicted octanol–water partition coefficient (Wildman–Crippen LogP) is 3.31. The fraction of sp³-hybridized carbons (Fsp3) is 0.105. The predicted molar refractivity (Wildman–Crippen MR) is 102 cm³/mol. The zero-order valence-corrected chi connectivity index (χ0v) is 14.3. The number of hydrogen-bond donors (Lipinski definition) is 2. The number of carbonyl (C=O) groups excluding carboxylic acids is 1. The third-order valence-corrected chi connectivity index (χ3v) is 4.50. The molecule has 0 atom stereocenters. The highest BCUT2D eigenvalue weighted by molar-refractivity contribution is 7.99. The average Bonchev–Trinajstić information content (AvgIpc) is 2.64. The van der Waals surface area contributed by atoms with Crippen molar-refractivity contribution in [2.75, 3.05) is 11.1 Å². The summed E-state index contributed by atoms with van der Waals surface area (Å²) in [5, 5.41) is 9.35. The van der Waals surface area contributed by atoms with Gasteiger partial charge in [0, 0.05) is 17.4 Å². The van der Waals surface area contributed by atoms with Crippen LogP contribution in [0.4, 0.5) is 5.69 Å². The number of para-hydroxylation sites is 1. The molecule has 0 aliphatic rings. The van der Waals surface area contributed by atoms with Crippen LogP contribution in [-0.4, -0.2) is 21.9 Å². The number of rotatable bonds is 6. The van der Waals surface area contributed by atoms with Gasteiger partial charge in [-0.3, -0.25) is 9.59 Å². The Labute approximate surface area is 149 Å². The molecule has 0 unspecified atom stereocenters. The van der Waals surface area contributed by atoms with Crippen molar-refractivity contribution in [3.63, 3.8) is 0 Å². The molecule has 2 N–H and O–H groups in total. The van der Waals surface area contributed by atoms with Gasteiger partial charge < -0.3 is 5.32 Å². The van der Waals surface area contributed by atoms with Crippen LogP contribution in [0.1, 0.15) is 5.56 Å². The molecular weight excluding hydrogens is 334 g/mol. The molecule has 3 aromatic rings. The summed E-state index contributed by atoms with van der Waals surface area (Å²) in [5.74, 6) is 1.08. The van der Waals surface area contributed by atoms with E-state index < -0.39 is 0 Å². The number of hydrogen-bond acceptors (Lipinski definition) is 4. The molecule has 126 valence electrons. The van der Waals surface area contributed by atoms with Crippen LogP contribution in [-0.2, 0) is 10.5 Å². The lowest BCUT2D eigenvalue weighted by Crippen LogP contribution is -2.15. The van der Waals surface area contributed by atoms with Crippen molar-refractivity contribution in [1.29, 1.82) is 0 Å². The van der Waals surface area contributed by atoms with Gasteiger partial charge in [-0.25, -0.2) is 5.10 Å². The van der Waals surface area contributed by atoms with Crippen molar-refractivity contribution in [3.05, 3.63) is 82.6 Å². The van der Waals surface area contributed by atoms with E-state index >= 15 is 0 Å². The van der Waals surface area contributed by atoms with E-state index in [0.29, 0.717) is 17.1 Å². The second kappa shape index (κ2) is 8.30. The minimum Gasteiger partial charge on any atom is -0.325 e. The van der Waals surface area contributed by atoms with Gasteiger partial charge in [-0.05, 0) is 17.7 Å². The van der Waals surface area contributed by atoms with Crippen LogP contribution in [0.25, 0.3) is 11.3 Å². The molecule has 1 aromatic heterocycles. The van der Waals surface area contributed by atoms with Gasteiger partial charge in [0.2, 0.25) is 5.91 Å². The minimum atomic E-state index is -0.262. The Morgan fingerprint density at radius 3 is 2.52 bits per heavy atom. The smallest absolute Gasteiger partial charge is 0.264 e. The third kappa shape index (κ3) is 4.81. The van der Waals surface area contributed by atoms with Crippen molar-refractivity contribution < 1.29 is 4.79 Å². The first kappa shape index (κ1) is 17.0. The van der Waals surface area contributed by atoms with Crippen LogP contribution in [0.3, 0.4) is 0 Å². The van der Waals surface area contributed by atoms with Gasteiger partial charge in [0.25, 0.3) is 5.56 Å². The highest BCUT2D eigenvalue weighted by atomic mass is 32.2. The molecule has 1 amide bonds. The van der Waals surface area contributed by atoms with E-state index in [1.165, 1.54) is 11.6 Å². The van der Waals surface area contributed by atoms with E-state index in [4.69, 9.17) is 0 Å². The Kier molecular flexibility index (Phi) is 5.64. The summed E-state index contributed by atoms with van der Waals surface area (Å²) in [4.78, 5) is 23.4. The van der Waals surface area contributed by atoms with Gasteiger partial charge in [-0.15, -0.1) is 11.8 Å². The maximum Gasteiger partial charge on any atom is 0.264 e. The summed E-state index contributed by atoms with van der Waals surface area (Å²) in [6, 6.07) is 20.5. The number of nitrogens with zero attached hydrogens (tertiary/aromatic N) is 1. The molecule has 6 heteroatoms. The minimum absolute atomic E-state index is 0.0715. The van der Waals surface area contributed by atoms with Crippen molar-refractivity contribution in [3.8, 4) is 11.3 Å². The Bertz CT molecular complexity index is 889. The fourth-order valence-electron chi connectivity index (χ4n) is 2.33. The van der Waals surface area contributed by atoms with Gasteiger partial charge in [0.1, 0.15) is 0 Å². The molecule has 0 fully saturated rings. The monoisotopic (exact) mass is 351 g/mol. The molecule has 3 rings (SSSR count). The Morgan fingerprint density at radius 2 is 1.76 bits per heavy atom. The van der Waals surface area contributed by atoms with E-state index in [9.17, 15) is 9.59 Å². The second-order valence-corrected chi connectivity index (χ2v) is 6.36. The summed E-state index contributed by atoms with van der Waals surface area (Å²) in [6.45, 7) is 0. The molecule has 0 bridgehead atoms.